The highest BCUT2D eigenvalue weighted by molar-refractivity contribution is 6.31. The summed E-state index contributed by atoms with van der Waals surface area (Å²) < 4.78 is 25.2. The van der Waals surface area contributed by atoms with Crippen molar-refractivity contribution in [2.75, 3.05) is 32.0 Å². The van der Waals surface area contributed by atoms with Gasteiger partial charge in [-0.3, -0.25) is 4.79 Å². The predicted molar refractivity (Wildman–Crippen MR) is 84.8 cm³/mol. The van der Waals surface area contributed by atoms with Gasteiger partial charge in [-0.05, 0) is 31.9 Å². The van der Waals surface area contributed by atoms with Crippen molar-refractivity contribution in [3.05, 3.63) is 28.5 Å². The Hall–Kier alpha value is -1.37. The van der Waals surface area contributed by atoms with E-state index in [1.54, 1.807) is 4.90 Å². The number of nitrogen functional groups attached to an aromatic ring is 1. The monoisotopic (exact) mass is 342 g/mol. The van der Waals surface area contributed by atoms with Crippen LogP contribution in [-0.2, 0) is 9.47 Å². The summed E-state index contributed by atoms with van der Waals surface area (Å²) in [6.07, 6.45) is 1.75. The Morgan fingerprint density at radius 1 is 1.43 bits per heavy atom. The van der Waals surface area contributed by atoms with Crippen LogP contribution in [0.5, 0.6) is 0 Å². The number of halogens is 2. The minimum Gasteiger partial charge on any atom is -0.396 e. The summed E-state index contributed by atoms with van der Waals surface area (Å²) in [6, 6.07) is 2.52. The highest BCUT2D eigenvalue weighted by atomic mass is 35.5. The summed E-state index contributed by atoms with van der Waals surface area (Å²) in [4.78, 5) is 14.4. The van der Waals surface area contributed by atoms with Crippen LogP contribution in [0.1, 0.15) is 30.1 Å². The van der Waals surface area contributed by atoms with Crippen LogP contribution in [0.3, 0.4) is 0 Å². The number of rotatable bonds is 2. The number of likely N-dealkylation sites (tertiary alicyclic amines) is 1. The zero-order valence-corrected chi connectivity index (χ0v) is 13.7. The minimum absolute atomic E-state index is 0.0768. The van der Waals surface area contributed by atoms with E-state index in [1.807, 2.05) is 6.92 Å². The average Bonchev–Trinajstić information content (AvgIpc) is 2.98. The van der Waals surface area contributed by atoms with E-state index in [1.165, 1.54) is 6.07 Å². The van der Waals surface area contributed by atoms with Gasteiger partial charge in [0.2, 0.25) is 0 Å². The molecule has 1 amide bonds. The molecule has 2 fully saturated rings. The SMILES string of the molecule is CC1([C@H]2CCCN(C(=O)c3cc(Cl)cc(F)c3N)C2)OCCO1. The molecule has 2 saturated heterocycles. The Labute approximate surface area is 139 Å². The molecular formula is C16H20ClFN2O3. The molecule has 2 N–H and O–H groups in total. The number of ether oxygens (including phenoxy) is 2. The van der Waals surface area contributed by atoms with Gasteiger partial charge in [0.25, 0.3) is 5.91 Å². The molecular weight excluding hydrogens is 323 g/mol. The van der Waals surface area contributed by atoms with Gasteiger partial charge in [-0.15, -0.1) is 0 Å². The highest BCUT2D eigenvalue weighted by Gasteiger charge is 2.42. The summed E-state index contributed by atoms with van der Waals surface area (Å²) in [7, 11) is 0. The first-order chi connectivity index (χ1) is 10.9. The molecule has 0 saturated carbocycles. The quantitative estimate of drug-likeness (QED) is 0.839. The molecule has 7 heteroatoms. The number of nitrogens with zero attached hydrogens (tertiary/aromatic N) is 1. The average molecular weight is 343 g/mol. The van der Waals surface area contributed by atoms with E-state index < -0.39 is 11.6 Å². The van der Waals surface area contributed by atoms with Crippen molar-refractivity contribution in [3.63, 3.8) is 0 Å². The molecule has 126 valence electrons. The maximum absolute atomic E-state index is 13.7. The van der Waals surface area contributed by atoms with Gasteiger partial charge < -0.3 is 20.1 Å². The lowest BCUT2D eigenvalue weighted by Gasteiger charge is -2.40. The summed E-state index contributed by atoms with van der Waals surface area (Å²) in [5, 5.41) is 0.156. The number of amides is 1. The number of hydrogen-bond donors (Lipinski definition) is 1. The lowest BCUT2D eigenvalue weighted by atomic mass is 9.90. The van der Waals surface area contributed by atoms with Gasteiger partial charge in [0.1, 0.15) is 5.82 Å². The van der Waals surface area contributed by atoms with E-state index >= 15 is 0 Å². The highest BCUT2D eigenvalue weighted by Crippen LogP contribution is 2.35. The van der Waals surface area contributed by atoms with Crippen molar-refractivity contribution in [2.24, 2.45) is 5.92 Å². The number of anilines is 1. The molecule has 0 bridgehead atoms. The first kappa shape index (κ1) is 16.5. The first-order valence-electron chi connectivity index (χ1n) is 7.72. The Morgan fingerprint density at radius 3 is 2.83 bits per heavy atom. The lowest BCUT2D eigenvalue weighted by Crippen LogP contribution is -2.48. The number of carbonyl (C=O) groups is 1. The maximum Gasteiger partial charge on any atom is 0.256 e. The van der Waals surface area contributed by atoms with Crippen LogP contribution in [0.15, 0.2) is 12.1 Å². The molecule has 2 aliphatic rings. The third-order valence-electron chi connectivity index (χ3n) is 4.64. The fraction of sp³-hybridized carbons (Fsp3) is 0.562. The van der Waals surface area contributed by atoms with E-state index in [-0.39, 0.29) is 28.1 Å². The van der Waals surface area contributed by atoms with Crippen molar-refractivity contribution in [2.45, 2.75) is 25.6 Å². The number of carbonyl (C=O) groups excluding carboxylic acids is 1. The van der Waals surface area contributed by atoms with E-state index in [4.69, 9.17) is 26.8 Å². The van der Waals surface area contributed by atoms with Crippen LogP contribution in [0.2, 0.25) is 5.02 Å². The zero-order valence-electron chi connectivity index (χ0n) is 13.0. The van der Waals surface area contributed by atoms with Crippen LogP contribution < -0.4 is 5.73 Å². The second-order valence-electron chi connectivity index (χ2n) is 6.15. The molecule has 3 rings (SSSR count). The van der Waals surface area contributed by atoms with E-state index in [9.17, 15) is 9.18 Å². The second kappa shape index (κ2) is 6.26. The van der Waals surface area contributed by atoms with Crippen molar-refractivity contribution in [1.29, 1.82) is 0 Å². The fourth-order valence-electron chi connectivity index (χ4n) is 3.29. The molecule has 0 aromatic heterocycles. The molecule has 0 spiro atoms. The molecule has 2 heterocycles. The normalized spacial score (nSPS) is 24.0. The largest absolute Gasteiger partial charge is 0.396 e. The maximum atomic E-state index is 13.7. The molecule has 23 heavy (non-hydrogen) atoms. The van der Waals surface area contributed by atoms with E-state index in [0.717, 1.165) is 18.9 Å². The molecule has 5 nitrogen and oxygen atoms in total. The smallest absolute Gasteiger partial charge is 0.256 e. The fourth-order valence-corrected chi connectivity index (χ4v) is 3.49. The van der Waals surface area contributed by atoms with E-state index in [2.05, 4.69) is 0 Å². The third kappa shape index (κ3) is 3.16. The molecule has 0 aliphatic carbocycles. The molecule has 0 radical (unpaired) electrons. The summed E-state index contributed by atoms with van der Waals surface area (Å²) in [5.41, 5.74) is 5.65. The van der Waals surface area contributed by atoms with Gasteiger partial charge >= 0.3 is 0 Å². The van der Waals surface area contributed by atoms with Crippen LogP contribution in [-0.4, -0.2) is 42.9 Å². The summed E-state index contributed by atoms with van der Waals surface area (Å²) in [6.45, 7) is 4.12. The van der Waals surface area contributed by atoms with Crippen LogP contribution in [0.25, 0.3) is 0 Å². The molecule has 1 aromatic carbocycles. The number of hydrogen-bond acceptors (Lipinski definition) is 4. The third-order valence-corrected chi connectivity index (χ3v) is 4.85. The Balaban J connectivity index is 1.80. The van der Waals surface area contributed by atoms with Gasteiger partial charge in [0.05, 0.1) is 24.5 Å². The van der Waals surface area contributed by atoms with E-state index in [0.29, 0.717) is 26.3 Å². The van der Waals surface area contributed by atoms with Gasteiger partial charge in [0, 0.05) is 24.0 Å². The van der Waals surface area contributed by atoms with Crippen LogP contribution in [0, 0.1) is 11.7 Å². The number of nitrogens with two attached hydrogens (primary N) is 1. The van der Waals surface area contributed by atoms with Gasteiger partial charge in [-0.1, -0.05) is 11.6 Å². The topological polar surface area (TPSA) is 64.8 Å². The molecule has 0 unspecified atom stereocenters. The van der Waals surface area contributed by atoms with Gasteiger partial charge in [-0.25, -0.2) is 4.39 Å². The van der Waals surface area contributed by atoms with Crippen molar-refractivity contribution in [3.8, 4) is 0 Å². The zero-order chi connectivity index (χ0) is 16.6. The standard InChI is InChI=1S/C16H20ClFN2O3/c1-16(22-5-6-23-16)10-3-2-4-20(9-10)15(21)12-7-11(17)8-13(18)14(12)19/h7-8,10H,2-6,9,19H2,1H3/t10-/m0/s1. The molecule has 1 atom stereocenters. The number of piperidine rings is 1. The molecule has 1 aromatic rings. The van der Waals surface area contributed by atoms with Crippen molar-refractivity contribution < 1.29 is 18.7 Å². The summed E-state index contributed by atoms with van der Waals surface area (Å²) >= 11 is 5.85. The van der Waals surface area contributed by atoms with Gasteiger partial charge in [0.15, 0.2) is 5.79 Å². The van der Waals surface area contributed by atoms with Crippen LogP contribution in [0.4, 0.5) is 10.1 Å². The van der Waals surface area contributed by atoms with Crippen LogP contribution >= 0.6 is 11.6 Å². The second-order valence-corrected chi connectivity index (χ2v) is 6.59. The predicted octanol–water partition coefficient (Wildman–Crippen LogP) is 2.68. The van der Waals surface area contributed by atoms with Crippen molar-refractivity contribution >= 4 is 23.2 Å². The van der Waals surface area contributed by atoms with Gasteiger partial charge in [-0.2, -0.15) is 0 Å². The van der Waals surface area contributed by atoms with Crippen molar-refractivity contribution in [1.82, 2.24) is 4.90 Å². The summed E-state index contributed by atoms with van der Waals surface area (Å²) in [5.74, 6) is -1.57. The Kier molecular flexibility index (Phi) is 4.49. The molecule has 2 aliphatic heterocycles. The Bertz CT molecular complexity index is 620. The minimum atomic E-state index is -0.677. The lowest BCUT2D eigenvalue weighted by molar-refractivity contribution is -0.189. The number of benzene rings is 1. The Morgan fingerprint density at radius 2 is 2.13 bits per heavy atom. The first-order valence-corrected chi connectivity index (χ1v) is 8.10.